The van der Waals surface area contributed by atoms with Crippen LogP contribution in [0.5, 0.6) is 11.5 Å². The number of ether oxygens (including phenoxy) is 1. The maximum absolute atomic E-state index is 12.6. The predicted octanol–water partition coefficient (Wildman–Crippen LogP) is 1.96. The van der Waals surface area contributed by atoms with Crippen molar-refractivity contribution in [2.24, 2.45) is 0 Å². The third-order valence-corrected chi connectivity index (χ3v) is 4.56. The minimum atomic E-state index is -0.181. The zero-order valence-corrected chi connectivity index (χ0v) is 13.2. The van der Waals surface area contributed by atoms with Crippen molar-refractivity contribution in [3.8, 4) is 11.5 Å². The molecule has 1 aliphatic carbocycles. The number of hydrogen-bond acceptors (Lipinski definition) is 4. The average Bonchev–Trinajstić information content (AvgIpc) is 2.41. The SMILES string of the molecule is COc1cccc(C(=O)N(C)CC2(N(C)C)CCC2)c1O. The summed E-state index contributed by atoms with van der Waals surface area (Å²) in [4.78, 5) is 16.5. The summed E-state index contributed by atoms with van der Waals surface area (Å²) in [6, 6.07) is 4.98. The Hall–Kier alpha value is -1.75. The summed E-state index contributed by atoms with van der Waals surface area (Å²) in [6.45, 7) is 0.662. The molecule has 2 rings (SSSR count). The second-order valence-corrected chi connectivity index (χ2v) is 5.99. The minimum absolute atomic E-state index is 0.0683. The number of aromatic hydroxyl groups is 1. The van der Waals surface area contributed by atoms with Crippen LogP contribution in [-0.2, 0) is 0 Å². The van der Waals surface area contributed by atoms with Gasteiger partial charge in [-0.05, 0) is 45.5 Å². The highest BCUT2D eigenvalue weighted by Gasteiger charge is 2.41. The second kappa shape index (κ2) is 5.93. The molecule has 0 aliphatic heterocycles. The van der Waals surface area contributed by atoms with Crippen molar-refractivity contribution in [1.29, 1.82) is 0 Å². The van der Waals surface area contributed by atoms with Gasteiger partial charge in [-0.2, -0.15) is 0 Å². The van der Waals surface area contributed by atoms with Crippen LogP contribution in [0.3, 0.4) is 0 Å². The molecular formula is C16H24N2O3. The van der Waals surface area contributed by atoms with Gasteiger partial charge in [0.2, 0.25) is 0 Å². The summed E-state index contributed by atoms with van der Waals surface area (Å²) in [5.74, 6) is 0.0455. The summed E-state index contributed by atoms with van der Waals surface area (Å²) in [5.41, 5.74) is 0.351. The molecule has 1 N–H and O–H groups in total. The zero-order valence-electron chi connectivity index (χ0n) is 13.2. The van der Waals surface area contributed by atoms with E-state index >= 15 is 0 Å². The number of methoxy groups -OCH3 is 1. The predicted molar refractivity (Wildman–Crippen MR) is 81.9 cm³/mol. The maximum atomic E-state index is 12.6. The summed E-state index contributed by atoms with van der Waals surface area (Å²) >= 11 is 0. The first-order valence-electron chi connectivity index (χ1n) is 7.20. The van der Waals surface area contributed by atoms with Crippen LogP contribution in [0.2, 0.25) is 0 Å². The highest BCUT2D eigenvalue weighted by molar-refractivity contribution is 5.97. The van der Waals surface area contributed by atoms with Gasteiger partial charge < -0.3 is 19.6 Å². The molecule has 0 atom stereocenters. The molecule has 0 spiro atoms. The summed E-state index contributed by atoms with van der Waals surface area (Å²) < 4.78 is 5.06. The van der Waals surface area contributed by atoms with Gasteiger partial charge in [0.1, 0.15) is 0 Å². The Morgan fingerprint density at radius 1 is 1.33 bits per heavy atom. The Bertz CT molecular complexity index is 524. The van der Waals surface area contributed by atoms with E-state index in [9.17, 15) is 9.90 Å². The molecule has 5 heteroatoms. The fraction of sp³-hybridized carbons (Fsp3) is 0.562. The largest absolute Gasteiger partial charge is 0.504 e. The number of phenolic OH excluding ortho intramolecular Hbond substituents is 1. The summed E-state index contributed by atoms with van der Waals surface area (Å²) in [5, 5.41) is 10.1. The first-order valence-corrected chi connectivity index (χ1v) is 7.20. The standard InChI is InChI=1S/C16H24N2O3/c1-17(2)16(9-6-10-16)11-18(3)15(20)12-7-5-8-13(21-4)14(12)19/h5,7-8,19H,6,9-11H2,1-4H3. The van der Waals surface area contributed by atoms with Crippen LogP contribution in [0.4, 0.5) is 0 Å². The lowest BCUT2D eigenvalue weighted by Gasteiger charge is -2.49. The van der Waals surface area contributed by atoms with Crippen LogP contribution in [0.25, 0.3) is 0 Å². The lowest BCUT2D eigenvalue weighted by atomic mass is 9.75. The molecule has 5 nitrogen and oxygen atoms in total. The molecule has 0 heterocycles. The number of carbonyl (C=O) groups is 1. The van der Waals surface area contributed by atoms with Gasteiger partial charge in [0.15, 0.2) is 11.5 Å². The first-order chi connectivity index (χ1) is 9.91. The van der Waals surface area contributed by atoms with Crippen molar-refractivity contribution in [2.45, 2.75) is 24.8 Å². The van der Waals surface area contributed by atoms with Crippen molar-refractivity contribution in [1.82, 2.24) is 9.80 Å². The van der Waals surface area contributed by atoms with Crippen molar-refractivity contribution >= 4 is 5.91 Å². The molecule has 1 aromatic rings. The van der Waals surface area contributed by atoms with Gasteiger partial charge in [0.05, 0.1) is 12.7 Å². The molecule has 1 aliphatic rings. The van der Waals surface area contributed by atoms with E-state index in [1.165, 1.54) is 13.5 Å². The van der Waals surface area contributed by atoms with Gasteiger partial charge in [-0.15, -0.1) is 0 Å². The molecule has 0 aromatic heterocycles. The zero-order chi connectivity index (χ0) is 15.6. The molecule has 1 aromatic carbocycles. The number of benzene rings is 1. The number of amides is 1. The number of para-hydroxylation sites is 1. The summed E-state index contributed by atoms with van der Waals surface area (Å²) in [7, 11) is 7.37. The van der Waals surface area contributed by atoms with E-state index in [2.05, 4.69) is 19.0 Å². The van der Waals surface area contributed by atoms with Crippen LogP contribution in [-0.4, -0.2) is 61.2 Å². The number of phenols is 1. The van der Waals surface area contributed by atoms with E-state index in [0.717, 1.165) is 12.8 Å². The van der Waals surface area contributed by atoms with Gasteiger partial charge in [-0.1, -0.05) is 6.07 Å². The maximum Gasteiger partial charge on any atom is 0.257 e. The lowest BCUT2D eigenvalue weighted by Crippen LogP contribution is -2.57. The topological polar surface area (TPSA) is 53.0 Å². The van der Waals surface area contributed by atoms with Gasteiger partial charge in [-0.25, -0.2) is 0 Å². The molecule has 0 radical (unpaired) electrons. The number of rotatable bonds is 5. The Labute approximate surface area is 126 Å². The molecule has 0 unspecified atom stereocenters. The van der Waals surface area contributed by atoms with Crippen molar-refractivity contribution in [3.63, 3.8) is 0 Å². The van der Waals surface area contributed by atoms with E-state index in [-0.39, 0.29) is 22.8 Å². The van der Waals surface area contributed by atoms with Crippen LogP contribution >= 0.6 is 0 Å². The van der Waals surface area contributed by atoms with E-state index in [4.69, 9.17) is 4.74 Å². The van der Waals surface area contributed by atoms with Crippen LogP contribution < -0.4 is 4.74 Å². The van der Waals surface area contributed by atoms with Gasteiger partial charge >= 0.3 is 0 Å². The van der Waals surface area contributed by atoms with Crippen LogP contribution in [0.15, 0.2) is 18.2 Å². The minimum Gasteiger partial charge on any atom is -0.504 e. The number of nitrogens with zero attached hydrogens (tertiary/aromatic N) is 2. The van der Waals surface area contributed by atoms with Crippen molar-refractivity contribution in [2.75, 3.05) is 34.8 Å². The molecule has 1 fully saturated rings. The van der Waals surface area contributed by atoms with E-state index in [1.54, 1.807) is 30.1 Å². The second-order valence-electron chi connectivity index (χ2n) is 5.99. The highest BCUT2D eigenvalue weighted by atomic mass is 16.5. The third kappa shape index (κ3) is 2.83. The lowest BCUT2D eigenvalue weighted by molar-refractivity contribution is 0.0251. The monoisotopic (exact) mass is 292 g/mol. The summed E-state index contributed by atoms with van der Waals surface area (Å²) in [6.07, 6.45) is 3.40. The molecule has 116 valence electrons. The van der Waals surface area contributed by atoms with Crippen LogP contribution in [0, 0.1) is 0 Å². The average molecular weight is 292 g/mol. The molecule has 1 saturated carbocycles. The van der Waals surface area contributed by atoms with Crippen molar-refractivity contribution < 1.29 is 14.6 Å². The van der Waals surface area contributed by atoms with Crippen LogP contribution in [0.1, 0.15) is 29.6 Å². The Kier molecular flexibility index (Phi) is 4.42. The smallest absolute Gasteiger partial charge is 0.257 e. The molecule has 1 amide bonds. The van der Waals surface area contributed by atoms with E-state index in [1.807, 2.05) is 0 Å². The number of likely N-dealkylation sites (N-methyl/N-ethyl adjacent to an activating group) is 2. The Balaban J connectivity index is 2.16. The molecule has 21 heavy (non-hydrogen) atoms. The quantitative estimate of drug-likeness (QED) is 0.901. The normalized spacial score (nSPS) is 16.4. The fourth-order valence-electron chi connectivity index (χ4n) is 2.91. The fourth-order valence-corrected chi connectivity index (χ4v) is 2.91. The molecule has 0 bridgehead atoms. The van der Waals surface area contributed by atoms with Gasteiger partial charge in [0, 0.05) is 19.1 Å². The van der Waals surface area contributed by atoms with E-state index < -0.39 is 0 Å². The van der Waals surface area contributed by atoms with E-state index in [0.29, 0.717) is 12.3 Å². The highest BCUT2D eigenvalue weighted by Crippen LogP contribution is 2.37. The molecule has 0 saturated heterocycles. The third-order valence-electron chi connectivity index (χ3n) is 4.56. The first kappa shape index (κ1) is 15.6. The number of carbonyl (C=O) groups excluding carboxylic acids is 1. The number of hydrogen-bond donors (Lipinski definition) is 1. The van der Waals surface area contributed by atoms with Gasteiger partial charge in [0.25, 0.3) is 5.91 Å². The van der Waals surface area contributed by atoms with Gasteiger partial charge in [-0.3, -0.25) is 4.79 Å². The Morgan fingerprint density at radius 2 is 2.00 bits per heavy atom. The van der Waals surface area contributed by atoms with Crippen molar-refractivity contribution in [3.05, 3.63) is 23.8 Å². The molecular weight excluding hydrogens is 268 g/mol. The Morgan fingerprint density at radius 3 is 2.48 bits per heavy atom.